The summed E-state index contributed by atoms with van der Waals surface area (Å²) in [6.45, 7) is 4.78. The lowest BCUT2D eigenvalue weighted by Crippen LogP contribution is -2.50. The Bertz CT molecular complexity index is 944. The first-order chi connectivity index (χ1) is 14.6. The number of sulfonamides is 1. The summed E-state index contributed by atoms with van der Waals surface area (Å²) in [6, 6.07) is 8.46. The molecule has 1 amide bonds. The van der Waals surface area contributed by atoms with Crippen LogP contribution in [-0.4, -0.2) is 94.1 Å². The molecule has 0 aromatic heterocycles. The van der Waals surface area contributed by atoms with Crippen LogP contribution >= 0.6 is 0 Å². The molecule has 2 fully saturated rings. The number of carbonyl (C=O) groups excluding carboxylic acids is 1. The van der Waals surface area contributed by atoms with Gasteiger partial charge in [-0.25, -0.2) is 16.8 Å². The first-order valence-corrected chi connectivity index (χ1v) is 13.9. The lowest BCUT2D eigenvalue weighted by atomic mass is 10.0. The molecule has 2 saturated heterocycles. The summed E-state index contributed by atoms with van der Waals surface area (Å²) in [4.78, 5) is 14.9. The number of morpholine rings is 1. The third-order valence-corrected chi connectivity index (χ3v) is 8.96. The van der Waals surface area contributed by atoms with Gasteiger partial charge in [0.05, 0.1) is 29.5 Å². The van der Waals surface area contributed by atoms with E-state index in [4.69, 9.17) is 4.74 Å². The number of amides is 1. The van der Waals surface area contributed by atoms with Gasteiger partial charge in [0.2, 0.25) is 15.9 Å². The minimum Gasteiger partial charge on any atom is -0.373 e. The van der Waals surface area contributed by atoms with Gasteiger partial charge < -0.3 is 10.1 Å². The topological polar surface area (TPSA) is 113 Å². The Labute approximate surface area is 184 Å². The van der Waals surface area contributed by atoms with Crippen molar-refractivity contribution in [2.45, 2.75) is 32.1 Å². The van der Waals surface area contributed by atoms with Gasteiger partial charge in [-0.3, -0.25) is 9.69 Å². The van der Waals surface area contributed by atoms with E-state index >= 15 is 0 Å². The molecular formula is C20H31N3O6S2. The molecule has 174 valence electrons. The van der Waals surface area contributed by atoms with E-state index in [-0.39, 0.29) is 55.0 Å². The van der Waals surface area contributed by atoms with Crippen LogP contribution in [0.2, 0.25) is 0 Å². The number of carbonyl (C=O) groups is 1. The van der Waals surface area contributed by atoms with Crippen molar-refractivity contribution in [3.8, 4) is 0 Å². The zero-order valence-electron chi connectivity index (χ0n) is 17.9. The van der Waals surface area contributed by atoms with Crippen molar-refractivity contribution in [2.75, 3.05) is 50.0 Å². The van der Waals surface area contributed by atoms with Crippen LogP contribution in [-0.2, 0) is 29.4 Å². The highest BCUT2D eigenvalue weighted by molar-refractivity contribution is 7.91. The van der Waals surface area contributed by atoms with Crippen LogP contribution in [0, 0.1) is 0 Å². The molecule has 0 aliphatic carbocycles. The molecule has 0 saturated carbocycles. The summed E-state index contributed by atoms with van der Waals surface area (Å²) < 4.78 is 56.0. The van der Waals surface area contributed by atoms with Gasteiger partial charge in [0.25, 0.3) is 0 Å². The Morgan fingerprint density at radius 1 is 1.13 bits per heavy atom. The fraction of sp³-hybridized carbons (Fsp3) is 0.650. The SMILES string of the molecule is CC1CN(S(=O)(=O)CCNC(=O)C(c2ccccc2)N2CCS(=O)(=O)CC2)CC(C)O1. The Hall–Kier alpha value is -1.53. The van der Waals surface area contributed by atoms with Crippen molar-refractivity contribution in [1.29, 1.82) is 0 Å². The fourth-order valence-electron chi connectivity index (χ4n) is 4.03. The lowest BCUT2D eigenvalue weighted by Gasteiger charge is -2.35. The van der Waals surface area contributed by atoms with Crippen molar-refractivity contribution in [3.05, 3.63) is 35.9 Å². The molecule has 31 heavy (non-hydrogen) atoms. The van der Waals surface area contributed by atoms with Crippen LogP contribution in [0.25, 0.3) is 0 Å². The highest BCUT2D eigenvalue weighted by atomic mass is 32.2. The average Bonchev–Trinajstić information content (AvgIpc) is 2.69. The summed E-state index contributed by atoms with van der Waals surface area (Å²) >= 11 is 0. The summed E-state index contributed by atoms with van der Waals surface area (Å²) in [5, 5.41) is 2.75. The fourth-order valence-corrected chi connectivity index (χ4v) is 6.76. The molecule has 2 aliphatic rings. The van der Waals surface area contributed by atoms with E-state index in [1.54, 1.807) is 0 Å². The second-order valence-corrected chi connectivity index (χ2v) is 12.6. The molecule has 1 aromatic rings. The van der Waals surface area contributed by atoms with Crippen LogP contribution in [0.4, 0.5) is 0 Å². The molecule has 1 aromatic carbocycles. The van der Waals surface area contributed by atoms with Crippen LogP contribution in [0.1, 0.15) is 25.5 Å². The number of hydrogen-bond donors (Lipinski definition) is 1. The minimum atomic E-state index is -3.53. The number of rotatable bonds is 7. The Morgan fingerprint density at radius 3 is 2.29 bits per heavy atom. The summed E-state index contributed by atoms with van der Waals surface area (Å²) in [5.74, 6) is -0.519. The Morgan fingerprint density at radius 2 is 1.71 bits per heavy atom. The number of benzene rings is 1. The van der Waals surface area contributed by atoms with Gasteiger partial charge in [-0.1, -0.05) is 30.3 Å². The molecule has 11 heteroatoms. The van der Waals surface area contributed by atoms with Crippen molar-refractivity contribution in [2.24, 2.45) is 0 Å². The van der Waals surface area contributed by atoms with Gasteiger partial charge in [0.15, 0.2) is 9.84 Å². The van der Waals surface area contributed by atoms with E-state index in [1.807, 2.05) is 49.1 Å². The lowest BCUT2D eigenvalue weighted by molar-refractivity contribution is -0.126. The first-order valence-electron chi connectivity index (χ1n) is 10.5. The van der Waals surface area contributed by atoms with E-state index in [0.717, 1.165) is 5.56 Å². The zero-order valence-corrected chi connectivity index (χ0v) is 19.6. The molecule has 0 spiro atoms. The molecule has 9 nitrogen and oxygen atoms in total. The van der Waals surface area contributed by atoms with Crippen LogP contribution in [0.3, 0.4) is 0 Å². The van der Waals surface area contributed by atoms with E-state index in [0.29, 0.717) is 13.1 Å². The number of sulfone groups is 1. The predicted octanol–water partition coefficient (Wildman–Crippen LogP) is 0.0133. The highest BCUT2D eigenvalue weighted by Crippen LogP contribution is 2.23. The molecule has 2 heterocycles. The quantitative estimate of drug-likeness (QED) is 0.594. The maximum absolute atomic E-state index is 13.0. The van der Waals surface area contributed by atoms with E-state index < -0.39 is 25.9 Å². The number of ether oxygens (including phenoxy) is 1. The largest absolute Gasteiger partial charge is 0.373 e. The monoisotopic (exact) mass is 473 g/mol. The smallest absolute Gasteiger partial charge is 0.241 e. The Balaban J connectivity index is 1.64. The highest BCUT2D eigenvalue weighted by Gasteiger charge is 2.34. The predicted molar refractivity (Wildman–Crippen MR) is 118 cm³/mol. The second-order valence-electron chi connectivity index (χ2n) is 8.18. The molecular weight excluding hydrogens is 442 g/mol. The standard InChI is InChI=1S/C20H31N3O6S2/c1-16-14-23(15-17(2)29-16)31(27,28)11-8-21-20(24)19(18-6-4-3-5-7-18)22-9-12-30(25,26)13-10-22/h3-7,16-17,19H,8-15H2,1-2H3,(H,21,24). The van der Waals surface area contributed by atoms with Gasteiger partial charge in [-0.15, -0.1) is 0 Å². The van der Waals surface area contributed by atoms with Crippen molar-refractivity contribution in [1.82, 2.24) is 14.5 Å². The van der Waals surface area contributed by atoms with Gasteiger partial charge in [-0.05, 0) is 19.4 Å². The molecule has 2 aliphatic heterocycles. The molecule has 3 atom stereocenters. The van der Waals surface area contributed by atoms with Crippen LogP contribution < -0.4 is 5.32 Å². The van der Waals surface area contributed by atoms with E-state index in [2.05, 4.69) is 5.32 Å². The molecule has 0 bridgehead atoms. The molecule has 1 N–H and O–H groups in total. The minimum absolute atomic E-state index is 0.00535. The van der Waals surface area contributed by atoms with Crippen LogP contribution in [0.15, 0.2) is 30.3 Å². The maximum Gasteiger partial charge on any atom is 0.241 e. The van der Waals surface area contributed by atoms with Gasteiger partial charge in [-0.2, -0.15) is 4.31 Å². The number of hydrogen-bond acceptors (Lipinski definition) is 7. The first kappa shape index (κ1) is 24.1. The van der Waals surface area contributed by atoms with Crippen molar-refractivity contribution >= 4 is 25.8 Å². The Kier molecular flexibility index (Phi) is 7.74. The summed E-state index contributed by atoms with van der Waals surface area (Å²) in [5.41, 5.74) is 0.748. The molecule has 3 rings (SSSR count). The van der Waals surface area contributed by atoms with Gasteiger partial charge in [0.1, 0.15) is 6.04 Å². The van der Waals surface area contributed by atoms with Crippen LogP contribution in [0.5, 0.6) is 0 Å². The number of nitrogens with one attached hydrogen (secondary N) is 1. The average molecular weight is 474 g/mol. The van der Waals surface area contributed by atoms with E-state index in [1.165, 1.54) is 4.31 Å². The molecule has 0 radical (unpaired) electrons. The number of nitrogens with zero attached hydrogens (tertiary/aromatic N) is 2. The van der Waals surface area contributed by atoms with E-state index in [9.17, 15) is 21.6 Å². The third kappa shape index (κ3) is 6.48. The van der Waals surface area contributed by atoms with Crippen molar-refractivity contribution in [3.63, 3.8) is 0 Å². The van der Waals surface area contributed by atoms with Gasteiger partial charge in [0, 0.05) is 32.7 Å². The third-order valence-electron chi connectivity index (χ3n) is 5.55. The van der Waals surface area contributed by atoms with Gasteiger partial charge >= 0.3 is 0 Å². The second kappa shape index (κ2) is 9.95. The molecule has 3 unspecified atom stereocenters. The maximum atomic E-state index is 13.0. The normalized spacial score (nSPS) is 26.3. The zero-order chi connectivity index (χ0) is 22.6. The van der Waals surface area contributed by atoms with Crippen molar-refractivity contribution < 1.29 is 26.4 Å². The summed E-state index contributed by atoms with van der Waals surface area (Å²) in [7, 11) is -6.61. The summed E-state index contributed by atoms with van der Waals surface area (Å²) in [6.07, 6.45) is -0.350.